The molecule has 1 N–H and O–H groups in total. The number of nitrogens with zero attached hydrogens (tertiary/aromatic N) is 1. The zero-order valence-electron chi connectivity index (χ0n) is 11.2. The van der Waals surface area contributed by atoms with Crippen LogP contribution in [0.1, 0.15) is 52.4 Å². The lowest BCUT2D eigenvalue weighted by atomic mass is 10.0. The molecule has 2 aliphatic rings. The average molecular weight is 238 g/mol. The topological polar surface area (TPSA) is 32.3 Å². The lowest BCUT2D eigenvalue weighted by Gasteiger charge is -2.28. The Bertz CT molecular complexity index is 259. The Labute approximate surface area is 105 Å². The summed E-state index contributed by atoms with van der Waals surface area (Å²) in [5, 5.41) is 3.47. The quantitative estimate of drug-likeness (QED) is 0.814. The van der Waals surface area contributed by atoms with Crippen molar-refractivity contribution in [2.45, 2.75) is 64.5 Å². The molecule has 3 nitrogen and oxygen atoms in total. The molecule has 0 saturated carbocycles. The van der Waals surface area contributed by atoms with Gasteiger partial charge in [-0.25, -0.2) is 0 Å². The Hall–Kier alpha value is -0.570. The molecule has 0 spiro atoms. The van der Waals surface area contributed by atoms with Crippen molar-refractivity contribution < 1.29 is 4.79 Å². The minimum atomic E-state index is 0.384. The van der Waals surface area contributed by atoms with Crippen molar-refractivity contribution in [2.75, 3.05) is 13.1 Å². The van der Waals surface area contributed by atoms with Gasteiger partial charge in [0.05, 0.1) is 0 Å². The van der Waals surface area contributed by atoms with E-state index >= 15 is 0 Å². The van der Waals surface area contributed by atoms with Crippen LogP contribution < -0.4 is 5.32 Å². The molecule has 2 rings (SSSR count). The summed E-state index contributed by atoms with van der Waals surface area (Å²) in [5.41, 5.74) is 0. The maximum atomic E-state index is 12.2. The van der Waals surface area contributed by atoms with Gasteiger partial charge in [0.25, 0.3) is 0 Å². The predicted octanol–water partition coefficient (Wildman–Crippen LogP) is 2.17. The van der Waals surface area contributed by atoms with E-state index in [2.05, 4.69) is 24.1 Å². The molecule has 2 fully saturated rings. The highest BCUT2D eigenvalue weighted by molar-refractivity contribution is 5.76. The van der Waals surface area contributed by atoms with E-state index in [0.717, 1.165) is 25.9 Å². The molecule has 0 aliphatic carbocycles. The summed E-state index contributed by atoms with van der Waals surface area (Å²) < 4.78 is 0. The van der Waals surface area contributed by atoms with E-state index in [1.807, 2.05) is 0 Å². The monoisotopic (exact) mass is 238 g/mol. The van der Waals surface area contributed by atoms with E-state index in [0.29, 0.717) is 23.9 Å². The molecule has 98 valence electrons. The first-order valence-electron chi connectivity index (χ1n) is 7.21. The van der Waals surface area contributed by atoms with Crippen molar-refractivity contribution in [1.29, 1.82) is 0 Å². The van der Waals surface area contributed by atoms with Crippen LogP contribution in [0.2, 0.25) is 0 Å². The fourth-order valence-electron chi connectivity index (χ4n) is 3.24. The van der Waals surface area contributed by atoms with Gasteiger partial charge in [0, 0.05) is 25.0 Å². The first kappa shape index (κ1) is 12.9. The molecule has 3 heteroatoms. The highest BCUT2D eigenvalue weighted by Crippen LogP contribution is 2.25. The molecule has 1 amide bonds. The van der Waals surface area contributed by atoms with E-state index in [4.69, 9.17) is 0 Å². The normalized spacial score (nSPS) is 29.2. The van der Waals surface area contributed by atoms with Crippen LogP contribution in [0.3, 0.4) is 0 Å². The first-order chi connectivity index (χ1) is 8.18. The van der Waals surface area contributed by atoms with Gasteiger partial charge in [0.1, 0.15) is 0 Å². The smallest absolute Gasteiger partial charge is 0.222 e. The van der Waals surface area contributed by atoms with E-state index < -0.39 is 0 Å². The Morgan fingerprint density at radius 2 is 2.18 bits per heavy atom. The van der Waals surface area contributed by atoms with Crippen LogP contribution in [0.15, 0.2) is 0 Å². The molecule has 0 aromatic heterocycles. The molecule has 0 radical (unpaired) electrons. The molecular formula is C14H26N2O. The fraction of sp³-hybridized carbons (Fsp3) is 0.929. The lowest BCUT2D eigenvalue weighted by Crippen LogP contribution is -2.39. The third kappa shape index (κ3) is 3.21. The Kier molecular flexibility index (Phi) is 4.43. The molecule has 0 aromatic rings. The zero-order chi connectivity index (χ0) is 12.3. The fourth-order valence-corrected chi connectivity index (χ4v) is 3.24. The van der Waals surface area contributed by atoms with Gasteiger partial charge in [0.2, 0.25) is 5.91 Å². The first-order valence-corrected chi connectivity index (χ1v) is 7.21. The lowest BCUT2D eigenvalue weighted by molar-refractivity contribution is -0.132. The summed E-state index contributed by atoms with van der Waals surface area (Å²) in [6.07, 6.45) is 6.68. The van der Waals surface area contributed by atoms with Crippen molar-refractivity contribution in [3.8, 4) is 0 Å². The highest BCUT2D eigenvalue weighted by atomic mass is 16.2. The maximum Gasteiger partial charge on any atom is 0.222 e. The number of rotatable bonds is 4. The van der Waals surface area contributed by atoms with Gasteiger partial charge < -0.3 is 10.2 Å². The van der Waals surface area contributed by atoms with Crippen LogP contribution in [-0.2, 0) is 4.79 Å². The van der Waals surface area contributed by atoms with Crippen molar-refractivity contribution in [3.05, 3.63) is 0 Å². The minimum absolute atomic E-state index is 0.384. The third-order valence-corrected chi connectivity index (χ3v) is 4.26. The standard InChI is InChI=1S/C14H26N2O/c1-11(2)13-6-4-10-16(13)14(17)8-7-12-5-3-9-15-12/h11-13,15H,3-10H2,1-2H3. The maximum absolute atomic E-state index is 12.2. The van der Waals surface area contributed by atoms with Crippen molar-refractivity contribution >= 4 is 5.91 Å². The van der Waals surface area contributed by atoms with Crippen LogP contribution in [-0.4, -0.2) is 36.0 Å². The Morgan fingerprint density at radius 3 is 2.82 bits per heavy atom. The Balaban J connectivity index is 1.78. The van der Waals surface area contributed by atoms with Gasteiger partial charge in [-0.05, 0) is 44.6 Å². The number of likely N-dealkylation sites (tertiary alicyclic amines) is 1. The van der Waals surface area contributed by atoms with Gasteiger partial charge in [-0.15, -0.1) is 0 Å². The second-order valence-corrected chi connectivity index (χ2v) is 5.87. The van der Waals surface area contributed by atoms with Crippen LogP contribution in [0.4, 0.5) is 0 Å². The molecule has 2 aliphatic heterocycles. The molecule has 2 saturated heterocycles. The molecule has 2 atom stereocenters. The molecule has 2 unspecified atom stereocenters. The summed E-state index contributed by atoms with van der Waals surface area (Å²) in [6.45, 7) is 6.58. The summed E-state index contributed by atoms with van der Waals surface area (Å²) in [6, 6.07) is 1.10. The van der Waals surface area contributed by atoms with Crippen molar-refractivity contribution in [3.63, 3.8) is 0 Å². The summed E-state index contributed by atoms with van der Waals surface area (Å²) >= 11 is 0. The van der Waals surface area contributed by atoms with E-state index in [9.17, 15) is 4.79 Å². The largest absolute Gasteiger partial charge is 0.339 e. The summed E-state index contributed by atoms with van der Waals surface area (Å²) in [7, 11) is 0. The molecular weight excluding hydrogens is 212 g/mol. The zero-order valence-corrected chi connectivity index (χ0v) is 11.2. The Morgan fingerprint density at radius 1 is 1.35 bits per heavy atom. The SMILES string of the molecule is CC(C)C1CCCN1C(=O)CCC1CCCN1. The van der Waals surface area contributed by atoms with Gasteiger partial charge in [-0.3, -0.25) is 4.79 Å². The van der Waals surface area contributed by atoms with E-state index in [1.165, 1.54) is 25.7 Å². The molecule has 17 heavy (non-hydrogen) atoms. The average Bonchev–Trinajstić information content (AvgIpc) is 2.96. The minimum Gasteiger partial charge on any atom is -0.339 e. The van der Waals surface area contributed by atoms with Gasteiger partial charge in [-0.1, -0.05) is 13.8 Å². The van der Waals surface area contributed by atoms with Crippen LogP contribution >= 0.6 is 0 Å². The summed E-state index contributed by atoms with van der Waals surface area (Å²) in [5.74, 6) is 0.987. The van der Waals surface area contributed by atoms with Crippen LogP contribution in [0, 0.1) is 5.92 Å². The van der Waals surface area contributed by atoms with Gasteiger partial charge in [0.15, 0.2) is 0 Å². The van der Waals surface area contributed by atoms with Crippen LogP contribution in [0.25, 0.3) is 0 Å². The van der Waals surface area contributed by atoms with E-state index in [1.54, 1.807) is 0 Å². The number of carbonyl (C=O) groups excluding carboxylic acids is 1. The van der Waals surface area contributed by atoms with E-state index in [-0.39, 0.29) is 0 Å². The molecule has 0 bridgehead atoms. The molecule has 0 aromatic carbocycles. The highest BCUT2D eigenvalue weighted by Gasteiger charge is 2.30. The summed E-state index contributed by atoms with van der Waals surface area (Å²) in [4.78, 5) is 14.4. The number of nitrogens with one attached hydrogen (secondary N) is 1. The van der Waals surface area contributed by atoms with Gasteiger partial charge in [-0.2, -0.15) is 0 Å². The van der Waals surface area contributed by atoms with Crippen molar-refractivity contribution in [1.82, 2.24) is 10.2 Å². The van der Waals surface area contributed by atoms with Crippen molar-refractivity contribution in [2.24, 2.45) is 5.92 Å². The number of hydrogen-bond donors (Lipinski definition) is 1. The predicted molar refractivity (Wildman–Crippen MR) is 69.8 cm³/mol. The third-order valence-electron chi connectivity index (χ3n) is 4.26. The number of hydrogen-bond acceptors (Lipinski definition) is 2. The number of carbonyl (C=O) groups is 1. The number of amides is 1. The second kappa shape index (κ2) is 5.85. The van der Waals surface area contributed by atoms with Crippen LogP contribution in [0.5, 0.6) is 0 Å². The van der Waals surface area contributed by atoms with Gasteiger partial charge >= 0.3 is 0 Å². The molecule has 2 heterocycles. The second-order valence-electron chi connectivity index (χ2n) is 5.87.